The quantitative estimate of drug-likeness (QED) is 0.0849. The molecule has 1 aliphatic heterocycles. The summed E-state index contributed by atoms with van der Waals surface area (Å²) in [6.45, 7) is 2.94. The molecule has 0 bridgehead atoms. The van der Waals surface area contributed by atoms with E-state index >= 15 is 0 Å². The van der Waals surface area contributed by atoms with Gasteiger partial charge in [0.05, 0.1) is 39.1 Å². The van der Waals surface area contributed by atoms with Gasteiger partial charge in [-0.1, -0.05) is 66.2 Å². The van der Waals surface area contributed by atoms with Crippen molar-refractivity contribution in [2.75, 3.05) is 34.2 Å². The second kappa shape index (κ2) is 9.87. The van der Waals surface area contributed by atoms with Gasteiger partial charge in [0, 0.05) is 16.5 Å². The number of imide groups is 1. The normalized spacial score (nSPS) is 13.8. The van der Waals surface area contributed by atoms with E-state index in [0.29, 0.717) is 28.7 Å². The first-order chi connectivity index (χ1) is 19.8. The molecule has 0 N–H and O–H groups in total. The first-order valence-electron chi connectivity index (χ1n) is 13.7. The first-order valence-corrected chi connectivity index (χ1v) is 15.1. The summed E-state index contributed by atoms with van der Waals surface area (Å²) < 4.78 is 31.9. The number of nitrogens with zero attached hydrogens (tertiary/aromatic N) is 2. The minimum atomic E-state index is -4.27. The summed E-state index contributed by atoms with van der Waals surface area (Å²) >= 11 is 0. The molecule has 6 aromatic rings. The maximum Gasteiger partial charge on any atom is 0.261 e. The van der Waals surface area contributed by atoms with Crippen molar-refractivity contribution in [3.05, 3.63) is 102 Å². The van der Waals surface area contributed by atoms with Gasteiger partial charge in [-0.3, -0.25) is 14.5 Å². The van der Waals surface area contributed by atoms with Crippen LogP contribution in [-0.4, -0.2) is 68.4 Å². The number of amides is 2. The van der Waals surface area contributed by atoms with Crippen LogP contribution in [0.25, 0.3) is 43.1 Å². The molecule has 0 radical (unpaired) electrons. The molecule has 0 aliphatic carbocycles. The SMILES string of the molecule is C[N+](C)(C)CCN1C(=O)c2ccc3c4cccc5cccc(c6ccc(c2c36)C1=O)c54.Cc1ccc(S(=O)(=O)[O-])cc1. The number of aryl methyl sites for hydroxylation is 1. The maximum atomic E-state index is 13.4. The fourth-order valence-corrected chi connectivity index (χ4v) is 6.25. The summed E-state index contributed by atoms with van der Waals surface area (Å²) in [5, 5.41) is 8.78. The Morgan fingerprint density at radius 3 is 1.64 bits per heavy atom. The lowest BCUT2D eigenvalue weighted by molar-refractivity contribution is -0.869. The average Bonchev–Trinajstić information content (AvgIpc) is 2.94. The van der Waals surface area contributed by atoms with Gasteiger partial charge in [-0.2, -0.15) is 0 Å². The number of rotatable bonds is 4. The molecule has 2 amide bonds. The second-order valence-corrected chi connectivity index (χ2v) is 13.2. The van der Waals surface area contributed by atoms with Gasteiger partial charge in [0.2, 0.25) is 0 Å². The standard InChI is InChI=1S/C27H23N2O2.C7H8O3S/c1-29(2,3)15-14-28-26(30)21-12-10-19-17-8-4-6-16-7-5-9-18(23(16)17)20-11-13-22(27(28)31)25(21)24(19)20;1-6-2-4-7(5-3-6)11(8,9)10/h4-13H,14-15H2,1-3H3;2-5H,1H3,(H,8,9,10)/q+1;/p-1. The van der Waals surface area contributed by atoms with Crippen molar-refractivity contribution >= 4 is 65.0 Å². The van der Waals surface area contributed by atoms with E-state index in [9.17, 15) is 22.6 Å². The third-order valence-electron chi connectivity index (χ3n) is 7.90. The Hall–Kier alpha value is -4.37. The van der Waals surface area contributed by atoms with Crippen LogP contribution in [-0.2, 0) is 10.1 Å². The topological polar surface area (TPSA) is 94.6 Å². The first kappa shape index (κ1) is 27.8. The zero-order valence-corrected chi connectivity index (χ0v) is 24.7. The summed E-state index contributed by atoms with van der Waals surface area (Å²) in [7, 11) is 1.93. The Morgan fingerprint density at radius 1 is 0.667 bits per heavy atom. The van der Waals surface area contributed by atoms with E-state index in [1.54, 1.807) is 12.1 Å². The zero-order valence-electron chi connectivity index (χ0n) is 23.8. The minimum absolute atomic E-state index is 0.178. The third-order valence-corrected chi connectivity index (χ3v) is 8.75. The van der Waals surface area contributed by atoms with Gasteiger partial charge in [-0.05, 0) is 68.9 Å². The minimum Gasteiger partial charge on any atom is -0.744 e. The summed E-state index contributed by atoms with van der Waals surface area (Å²) in [6.07, 6.45) is 0. The molecule has 8 heteroatoms. The van der Waals surface area contributed by atoms with Crippen LogP contribution >= 0.6 is 0 Å². The largest absolute Gasteiger partial charge is 0.744 e. The molecule has 0 fully saturated rings. The lowest BCUT2D eigenvalue weighted by Crippen LogP contribution is -2.47. The van der Waals surface area contributed by atoms with Gasteiger partial charge in [-0.15, -0.1) is 0 Å². The Labute approximate surface area is 244 Å². The molecule has 0 spiro atoms. The number of benzene rings is 6. The van der Waals surface area contributed by atoms with E-state index in [1.807, 2.05) is 19.1 Å². The number of fused-ring (bicyclic) bond motifs is 2. The van der Waals surface area contributed by atoms with Crippen molar-refractivity contribution in [2.45, 2.75) is 11.8 Å². The molecule has 6 aromatic carbocycles. The van der Waals surface area contributed by atoms with E-state index in [-0.39, 0.29) is 16.7 Å². The van der Waals surface area contributed by atoms with E-state index in [4.69, 9.17) is 0 Å². The molecule has 0 unspecified atom stereocenters. The fraction of sp³-hybridized carbons (Fsp3) is 0.176. The predicted octanol–water partition coefficient (Wildman–Crippen LogP) is 5.94. The maximum absolute atomic E-state index is 13.4. The van der Waals surface area contributed by atoms with Gasteiger partial charge < -0.3 is 9.04 Å². The van der Waals surface area contributed by atoms with Crippen molar-refractivity contribution in [3.63, 3.8) is 0 Å². The summed E-state index contributed by atoms with van der Waals surface area (Å²) in [4.78, 5) is 28.0. The molecule has 7 rings (SSSR count). The van der Waals surface area contributed by atoms with Gasteiger partial charge in [0.15, 0.2) is 0 Å². The second-order valence-electron chi connectivity index (χ2n) is 11.8. The number of hydrogen-bond donors (Lipinski definition) is 0. The van der Waals surface area contributed by atoms with Crippen LogP contribution in [0, 0.1) is 6.92 Å². The molecule has 0 aromatic heterocycles. The summed E-state index contributed by atoms with van der Waals surface area (Å²) in [6, 6.07) is 26.4. The monoisotopic (exact) mass is 578 g/mol. The molecule has 42 heavy (non-hydrogen) atoms. The number of carbonyl (C=O) groups excluding carboxylic acids is 2. The van der Waals surface area contributed by atoms with Crippen LogP contribution in [0.3, 0.4) is 0 Å². The van der Waals surface area contributed by atoms with Gasteiger partial charge >= 0.3 is 0 Å². The number of likely N-dealkylation sites (N-methyl/N-ethyl adjacent to an activating group) is 1. The van der Waals surface area contributed by atoms with Crippen molar-refractivity contribution in [3.8, 4) is 0 Å². The van der Waals surface area contributed by atoms with Crippen LogP contribution in [0.15, 0.2) is 89.8 Å². The van der Waals surface area contributed by atoms with Crippen LogP contribution in [0.5, 0.6) is 0 Å². The Balaban J connectivity index is 0.000000244. The number of hydrogen-bond acceptors (Lipinski definition) is 5. The van der Waals surface area contributed by atoms with Gasteiger partial charge in [0.1, 0.15) is 10.1 Å². The fourth-order valence-electron chi connectivity index (χ4n) is 5.78. The highest BCUT2D eigenvalue weighted by Gasteiger charge is 2.34. The molecule has 0 atom stereocenters. The van der Waals surface area contributed by atoms with Crippen molar-refractivity contribution in [1.29, 1.82) is 0 Å². The molecule has 0 saturated heterocycles. The summed E-state index contributed by atoms with van der Waals surface area (Å²) in [5.41, 5.74) is 2.18. The smallest absolute Gasteiger partial charge is 0.261 e. The van der Waals surface area contributed by atoms with E-state index < -0.39 is 10.1 Å². The van der Waals surface area contributed by atoms with E-state index in [1.165, 1.54) is 27.8 Å². The highest BCUT2D eigenvalue weighted by molar-refractivity contribution is 7.85. The molecular formula is C34H30N2O5S. The van der Waals surface area contributed by atoms with Crippen LogP contribution in [0.1, 0.15) is 26.3 Å². The Kier molecular flexibility index (Phi) is 6.53. The number of quaternary nitrogens is 1. The molecule has 0 saturated carbocycles. The third kappa shape index (κ3) is 4.67. The zero-order chi connectivity index (χ0) is 30.0. The highest BCUT2D eigenvalue weighted by atomic mass is 32.2. The molecule has 1 heterocycles. The number of carbonyl (C=O) groups is 2. The van der Waals surface area contributed by atoms with Crippen LogP contribution < -0.4 is 0 Å². The van der Waals surface area contributed by atoms with E-state index in [0.717, 1.165) is 37.9 Å². The van der Waals surface area contributed by atoms with E-state index in [2.05, 4.69) is 69.7 Å². The Bertz CT molecular complexity index is 2050. The van der Waals surface area contributed by atoms with Crippen molar-refractivity contribution in [1.82, 2.24) is 4.90 Å². The van der Waals surface area contributed by atoms with Crippen molar-refractivity contribution in [2.24, 2.45) is 0 Å². The highest BCUT2D eigenvalue weighted by Crippen LogP contribution is 2.43. The lowest BCUT2D eigenvalue weighted by atomic mass is 9.85. The Morgan fingerprint density at radius 2 is 1.17 bits per heavy atom. The van der Waals surface area contributed by atoms with Gasteiger partial charge in [0.25, 0.3) is 11.8 Å². The molecule has 7 nitrogen and oxygen atoms in total. The average molecular weight is 579 g/mol. The van der Waals surface area contributed by atoms with Crippen LogP contribution in [0.2, 0.25) is 0 Å². The van der Waals surface area contributed by atoms with Gasteiger partial charge in [-0.25, -0.2) is 8.42 Å². The molecule has 1 aliphatic rings. The van der Waals surface area contributed by atoms with Crippen LogP contribution in [0.4, 0.5) is 0 Å². The predicted molar refractivity (Wildman–Crippen MR) is 165 cm³/mol. The molecule has 212 valence electrons. The summed E-state index contributed by atoms with van der Waals surface area (Å²) in [5.74, 6) is -0.376. The van der Waals surface area contributed by atoms with Crippen molar-refractivity contribution < 1.29 is 27.0 Å². The lowest BCUT2D eigenvalue weighted by Gasteiger charge is -2.31. The molecular weight excluding hydrogens is 548 g/mol.